The Labute approximate surface area is 105 Å². The first-order valence-electron chi connectivity index (χ1n) is 6.97. The van der Waals surface area contributed by atoms with E-state index in [0.717, 1.165) is 32.0 Å². The average Bonchev–Trinajstić information content (AvgIpc) is 2.40. The highest BCUT2D eigenvalue weighted by atomic mass is 16.5. The van der Waals surface area contributed by atoms with Crippen molar-refractivity contribution in [1.29, 1.82) is 5.26 Å². The van der Waals surface area contributed by atoms with Gasteiger partial charge in [-0.2, -0.15) is 5.26 Å². The van der Waals surface area contributed by atoms with Crippen LogP contribution >= 0.6 is 0 Å². The Kier molecular flexibility index (Phi) is 4.82. The molecule has 2 fully saturated rings. The van der Waals surface area contributed by atoms with E-state index in [9.17, 15) is 0 Å². The molecule has 0 aromatic carbocycles. The van der Waals surface area contributed by atoms with E-state index in [-0.39, 0.29) is 0 Å². The molecular formula is C14H24N2O. The van der Waals surface area contributed by atoms with E-state index < -0.39 is 0 Å². The second-order valence-corrected chi connectivity index (χ2v) is 5.63. The lowest BCUT2D eigenvalue weighted by atomic mass is 9.86. The Morgan fingerprint density at radius 2 is 1.76 bits per heavy atom. The summed E-state index contributed by atoms with van der Waals surface area (Å²) in [7, 11) is 2.26. The molecule has 1 heterocycles. The van der Waals surface area contributed by atoms with Gasteiger partial charge in [-0.15, -0.1) is 0 Å². The fourth-order valence-corrected chi connectivity index (χ4v) is 3.13. The molecule has 0 amide bonds. The van der Waals surface area contributed by atoms with Crippen LogP contribution in [0.5, 0.6) is 0 Å². The highest BCUT2D eigenvalue weighted by Crippen LogP contribution is 2.27. The summed E-state index contributed by atoms with van der Waals surface area (Å²) in [6, 6.07) is 3.12. The van der Waals surface area contributed by atoms with Crippen molar-refractivity contribution in [3.8, 4) is 6.07 Å². The lowest BCUT2D eigenvalue weighted by Gasteiger charge is -2.35. The fraction of sp³-hybridized carbons (Fsp3) is 0.929. The van der Waals surface area contributed by atoms with Gasteiger partial charge in [-0.1, -0.05) is 0 Å². The first-order valence-corrected chi connectivity index (χ1v) is 6.97. The number of hydrogen-bond donors (Lipinski definition) is 0. The summed E-state index contributed by atoms with van der Waals surface area (Å²) in [4.78, 5) is 2.53. The van der Waals surface area contributed by atoms with Crippen molar-refractivity contribution in [2.45, 2.75) is 44.6 Å². The summed E-state index contributed by atoms with van der Waals surface area (Å²) < 4.78 is 5.40. The molecule has 2 aliphatic rings. The summed E-state index contributed by atoms with van der Waals surface area (Å²) >= 11 is 0. The minimum Gasteiger partial charge on any atom is -0.381 e. The summed E-state index contributed by atoms with van der Waals surface area (Å²) in [6.45, 7) is 3.10. The third-order valence-electron chi connectivity index (χ3n) is 4.39. The molecule has 3 heteroatoms. The van der Waals surface area contributed by atoms with Gasteiger partial charge in [0, 0.05) is 31.7 Å². The zero-order valence-electron chi connectivity index (χ0n) is 10.9. The Hall–Kier alpha value is -0.590. The molecule has 17 heavy (non-hydrogen) atoms. The van der Waals surface area contributed by atoms with Crippen LogP contribution in [0.25, 0.3) is 0 Å². The van der Waals surface area contributed by atoms with E-state index >= 15 is 0 Å². The van der Waals surface area contributed by atoms with Crippen LogP contribution in [-0.4, -0.2) is 37.7 Å². The zero-order chi connectivity index (χ0) is 12.1. The maximum Gasteiger partial charge on any atom is 0.0655 e. The summed E-state index contributed by atoms with van der Waals surface area (Å²) in [6.07, 6.45) is 7.05. The van der Waals surface area contributed by atoms with Crippen LogP contribution in [0, 0.1) is 23.2 Å². The Bertz CT molecular complexity index is 260. The van der Waals surface area contributed by atoms with Gasteiger partial charge in [0.05, 0.1) is 6.07 Å². The van der Waals surface area contributed by atoms with Gasteiger partial charge < -0.3 is 9.64 Å². The molecule has 3 nitrogen and oxygen atoms in total. The van der Waals surface area contributed by atoms with E-state index in [0.29, 0.717) is 12.0 Å². The molecule has 0 N–H and O–H groups in total. The van der Waals surface area contributed by atoms with Crippen molar-refractivity contribution in [2.75, 3.05) is 26.8 Å². The van der Waals surface area contributed by atoms with Crippen LogP contribution in [0.3, 0.4) is 0 Å². The molecule has 0 bridgehead atoms. The van der Waals surface area contributed by atoms with Gasteiger partial charge in [0.15, 0.2) is 0 Å². The van der Waals surface area contributed by atoms with Crippen LogP contribution in [0.2, 0.25) is 0 Å². The van der Waals surface area contributed by atoms with Crippen molar-refractivity contribution >= 4 is 0 Å². The van der Waals surface area contributed by atoms with Gasteiger partial charge in [-0.3, -0.25) is 0 Å². The van der Waals surface area contributed by atoms with E-state index in [1.807, 2.05) is 0 Å². The number of rotatable bonds is 3. The Morgan fingerprint density at radius 3 is 2.35 bits per heavy atom. The molecule has 0 unspecified atom stereocenters. The predicted molar refractivity (Wildman–Crippen MR) is 67.5 cm³/mol. The number of ether oxygens (including phenoxy) is 1. The van der Waals surface area contributed by atoms with E-state index in [2.05, 4.69) is 18.0 Å². The topological polar surface area (TPSA) is 36.3 Å². The molecule has 0 spiro atoms. The molecule has 0 radical (unpaired) electrons. The molecule has 0 aromatic heterocycles. The first kappa shape index (κ1) is 12.9. The van der Waals surface area contributed by atoms with Crippen LogP contribution in [0.15, 0.2) is 0 Å². The minimum absolute atomic E-state index is 0.322. The molecule has 2 rings (SSSR count). The summed E-state index contributed by atoms with van der Waals surface area (Å²) in [5, 5.41) is 8.90. The minimum atomic E-state index is 0.322. The maximum absolute atomic E-state index is 8.90. The molecule has 0 aromatic rings. The highest BCUT2D eigenvalue weighted by molar-refractivity contribution is 4.89. The van der Waals surface area contributed by atoms with Gasteiger partial charge in [0.1, 0.15) is 0 Å². The second-order valence-electron chi connectivity index (χ2n) is 5.63. The van der Waals surface area contributed by atoms with Gasteiger partial charge in [-0.05, 0) is 51.5 Å². The van der Waals surface area contributed by atoms with Crippen molar-refractivity contribution in [1.82, 2.24) is 4.90 Å². The molecular weight excluding hydrogens is 212 g/mol. The molecule has 1 saturated heterocycles. The summed E-state index contributed by atoms with van der Waals surface area (Å²) in [5.41, 5.74) is 0. The van der Waals surface area contributed by atoms with E-state index in [4.69, 9.17) is 10.00 Å². The van der Waals surface area contributed by atoms with Crippen molar-refractivity contribution in [3.05, 3.63) is 0 Å². The standard InChI is InChI=1S/C14H24N2O/c1-16(11-13-6-8-17-9-7-13)14-4-2-12(10-15)3-5-14/h12-14H,2-9,11H2,1H3. The third kappa shape index (κ3) is 3.69. The highest BCUT2D eigenvalue weighted by Gasteiger charge is 2.25. The van der Waals surface area contributed by atoms with Gasteiger partial charge in [0.25, 0.3) is 0 Å². The monoisotopic (exact) mass is 236 g/mol. The average molecular weight is 236 g/mol. The Balaban J connectivity index is 1.72. The van der Waals surface area contributed by atoms with Crippen LogP contribution < -0.4 is 0 Å². The van der Waals surface area contributed by atoms with Crippen LogP contribution in [0.4, 0.5) is 0 Å². The number of nitriles is 1. The Morgan fingerprint density at radius 1 is 1.12 bits per heavy atom. The van der Waals surface area contributed by atoms with Gasteiger partial charge in [-0.25, -0.2) is 0 Å². The number of nitrogens with zero attached hydrogens (tertiary/aromatic N) is 2. The van der Waals surface area contributed by atoms with Crippen molar-refractivity contribution in [2.24, 2.45) is 11.8 Å². The second kappa shape index (κ2) is 6.37. The van der Waals surface area contributed by atoms with Crippen molar-refractivity contribution in [3.63, 3.8) is 0 Å². The van der Waals surface area contributed by atoms with Gasteiger partial charge in [0.2, 0.25) is 0 Å². The quantitative estimate of drug-likeness (QED) is 0.755. The maximum atomic E-state index is 8.90. The molecule has 0 atom stereocenters. The predicted octanol–water partition coefficient (Wildman–Crippen LogP) is 2.43. The smallest absolute Gasteiger partial charge is 0.0655 e. The van der Waals surface area contributed by atoms with Crippen LogP contribution in [-0.2, 0) is 4.74 Å². The summed E-state index contributed by atoms with van der Waals surface area (Å²) in [5.74, 6) is 1.14. The lowest BCUT2D eigenvalue weighted by molar-refractivity contribution is 0.0464. The van der Waals surface area contributed by atoms with Gasteiger partial charge >= 0.3 is 0 Å². The first-order chi connectivity index (χ1) is 8.29. The van der Waals surface area contributed by atoms with E-state index in [1.54, 1.807) is 0 Å². The van der Waals surface area contributed by atoms with Crippen molar-refractivity contribution < 1.29 is 4.74 Å². The molecule has 1 aliphatic carbocycles. The third-order valence-corrected chi connectivity index (χ3v) is 4.39. The molecule has 1 saturated carbocycles. The fourth-order valence-electron chi connectivity index (χ4n) is 3.13. The number of hydrogen-bond acceptors (Lipinski definition) is 3. The SMILES string of the molecule is CN(CC1CCOCC1)C1CCC(C#N)CC1. The molecule has 96 valence electrons. The largest absolute Gasteiger partial charge is 0.381 e. The molecule has 1 aliphatic heterocycles. The van der Waals surface area contributed by atoms with Crippen LogP contribution in [0.1, 0.15) is 38.5 Å². The normalized spacial score (nSPS) is 31.4. The van der Waals surface area contributed by atoms with E-state index in [1.165, 1.54) is 32.2 Å². The lowest BCUT2D eigenvalue weighted by Crippen LogP contribution is -2.39. The zero-order valence-corrected chi connectivity index (χ0v) is 10.9.